The van der Waals surface area contributed by atoms with Gasteiger partial charge in [-0.15, -0.1) is 0 Å². The second-order valence-corrected chi connectivity index (χ2v) is 6.50. The van der Waals surface area contributed by atoms with Crippen LogP contribution in [-0.4, -0.2) is 60.4 Å². The summed E-state index contributed by atoms with van der Waals surface area (Å²) in [6, 6.07) is 10.2. The Labute approximate surface area is 131 Å². The molecule has 22 heavy (non-hydrogen) atoms. The zero-order valence-electron chi connectivity index (χ0n) is 13.4. The highest BCUT2D eigenvalue weighted by molar-refractivity contribution is 5.15. The van der Waals surface area contributed by atoms with Crippen molar-refractivity contribution >= 4 is 0 Å². The predicted octanol–water partition coefficient (Wildman–Crippen LogP) is 1.40. The van der Waals surface area contributed by atoms with E-state index < -0.39 is 5.79 Å². The van der Waals surface area contributed by atoms with Gasteiger partial charge in [-0.1, -0.05) is 30.3 Å². The third-order valence-electron chi connectivity index (χ3n) is 4.51. The van der Waals surface area contributed by atoms with Gasteiger partial charge in [0.1, 0.15) is 12.2 Å². The lowest BCUT2D eigenvalue weighted by Crippen LogP contribution is -2.61. The average molecular weight is 307 g/mol. The molecule has 4 atom stereocenters. The Balaban J connectivity index is 1.82. The van der Waals surface area contributed by atoms with Crippen LogP contribution in [0.5, 0.6) is 0 Å². The standard InChI is InChI=1S/C17H25NO4/c1-17(2)21-15-13(11-19)18(9-12-7-5-4-6-8-12)10-14(20-3)16(15)22-17/h4-8,13-16,19H,9-11H2,1-3H3/t13-,14-,15-,16+/m0/s1. The molecule has 0 bridgehead atoms. The molecule has 2 fully saturated rings. The maximum absolute atomic E-state index is 9.90. The minimum absolute atomic E-state index is 0.0455. The summed E-state index contributed by atoms with van der Waals surface area (Å²) in [7, 11) is 1.70. The molecule has 1 N–H and O–H groups in total. The Morgan fingerprint density at radius 3 is 2.55 bits per heavy atom. The van der Waals surface area contributed by atoms with Crippen LogP contribution in [0.25, 0.3) is 0 Å². The van der Waals surface area contributed by atoms with E-state index in [4.69, 9.17) is 14.2 Å². The fraction of sp³-hybridized carbons (Fsp3) is 0.647. The molecular weight excluding hydrogens is 282 g/mol. The lowest BCUT2D eigenvalue weighted by atomic mass is 9.93. The molecule has 2 aliphatic rings. The first-order valence-corrected chi connectivity index (χ1v) is 7.81. The molecule has 0 saturated carbocycles. The fourth-order valence-corrected chi connectivity index (χ4v) is 3.51. The molecule has 0 amide bonds. The zero-order valence-corrected chi connectivity index (χ0v) is 13.4. The van der Waals surface area contributed by atoms with Crippen LogP contribution in [-0.2, 0) is 20.8 Å². The van der Waals surface area contributed by atoms with Crippen LogP contribution < -0.4 is 0 Å². The molecule has 0 unspecified atom stereocenters. The van der Waals surface area contributed by atoms with Gasteiger partial charge < -0.3 is 19.3 Å². The summed E-state index contributed by atoms with van der Waals surface area (Å²) in [6.45, 7) is 5.35. The van der Waals surface area contributed by atoms with Gasteiger partial charge in [0, 0.05) is 20.2 Å². The lowest BCUT2D eigenvalue weighted by molar-refractivity contribution is -0.155. The van der Waals surface area contributed by atoms with E-state index >= 15 is 0 Å². The molecular formula is C17H25NO4. The zero-order chi connectivity index (χ0) is 15.7. The van der Waals surface area contributed by atoms with E-state index in [0.717, 1.165) is 13.1 Å². The van der Waals surface area contributed by atoms with Gasteiger partial charge in [-0.05, 0) is 19.4 Å². The van der Waals surface area contributed by atoms with E-state index in [1.807, 2.05) is 32.0 Å². The van der Waals surface area contributed by atoms with Crippen molar-refractivity contribution in [2.45, 2.75) is 50.5 Å². The van der Waals surface area contributed by atoms with E-state index in [1.165, 1.54) is 5.56 Å². The SMILES string of the molecule is CO[C@H]1CN(Cc2ccccc2)[C@@H](CO)[C@@H]2OC(C)(C)O[C@@H]21. The van der Waals surface area contributed by atoms with E-state index in [9.17, 15) is 5.11 Å². The number of nitrogens with zero attached hydrogens (tertiary/aromatic N) is 1. The average Bonchev–Trinajstić information content (AvgIpc) is 2.82. The first-order valence-electron chi connectivity index (χ1n) is 7.81. The van der Waals surface area contributed by atoms with Gasteiger partial charge >= 0.3 is 0 Å². The van der Waals surface area contributed by atoms with Crippen LogP contribution in [0.3, 0.4) is 0 Å². The highest BCUT2D eigenvalue weighted by Gasteiger charge is 2.53. The van der Waals surface area contributed by atoms with Gasteiger partial charge in [-0.3, -0.25) is 4.90 Å². The van der Waals surface area contributed by atoms with Gasteiger partial charge in [0.05, 0.1) is 18.8 Å². The fourth-order valence-electron chi connectivity index (χ4n) is 3.51. The van der Waals surface area contributed by atoms with Crippen molar-refractivity contribution < 1.29 is 19.3 Å². The lowest BCUT2D eigenvalue weighted by Gasteiger charge is -2.43. The number of rotatable bonds is 4. The third-order valence-corrected chi connectivity index (χ3v) is 4.51. The molecule has 3 rings (SSSR count). The number of fused-ring (bicyclic) bond motifs is 1. The van der Waals surface area contributed by atoms with E-state index in [-0.39, 0.29) is 31.0 Å². The summed E-state index contributed by atoms with van der Waals surface area (Å²) >= 11 is 0. The second-order valence-electron chi connectivity index (χ2n) is 6.50. The quantitative estimate of drug-likeness (QED) is 0.911. The van der Waals surface area contributed by atoms with E-state index in [0.29, 0.717) is 0 Å². The number of piperidine rings is 1. The van der Waals surface area contributed by atoms with Crippen molar-refractivity contribution in [3.05, 3.63) is 35.9 Å². The van der Waals surface area contributed by atoms with Crippen LogP contribution >= 0.6 is 0 Å². The summed E-state index contributed by atoms with van der Waals surface area (Å²) in [5.74, 6) is -0.637. The number of hydrogen-bond acceptors (Lipinski definition) is 5. The summed E-state index contributed by atoms with van der Waals surface area (Å²) in [6.07, 6.45) is -0.370. The number of benzene rings is 1. The molecule has 0 aliphatic carbocycles. The first-order chi connectivity index (χ1) is 10.5. The van der Waals surface area contributed by atoms with Gasteiger partial charge in [0.25, 0.3) is 0 Å². The number of methoxy groups -OCH3 is 1. The number of ether oxygens (including phenoxy) is 3. The van der Waals surface area contributed by atoms with Gasteiger partial charge in [0.15, 0.2) is 5.79 Å². The minimum Gasteiger partial charge on any atom is -0.395 e. The maximum atomic E-state index is 9.90. The normalized spacial score (nSPS) is 34.5. The van der Waals surface area contributed by atoms with Crippen LogP contribution in [0.15, 0.2) is 30.3 Å². The van der Waals surface area contributed by atoms with Crippen LogP contribution in [0, 0.1) is 0 Å². The first kappa shape index (κ1) is 15.9. The number of likely N-dealkylation sites (tertiary alicyclic amines) is 1. The summed E-state index contributed by atoms with van der Waals surface area (Å²) < 4.78 is 17.7. The van der Waals surface area contributed by atoms with Crippen LogP contribution in [0.2, 0.25) is 0 Å². The highest BCUT2D eigenvalue weighted by atomic mass is 16.8. The highest BCUT2D eigenvalue weighted by Crippen LogP contribution is 2.37. The van der Waals surface area contributed by atoms with Crippen molar-refractivity contribution in [2.75, 3.05) is 20.3 Å². The van der Waals surface area contributed by atoms with E-state index in [2.05, 4.69) is 17.0 Å². The molecule has 0 radical (unpaired) electrons. The molecule has 122 valence electrons. The van der Waals surface area contributed by atoms with Crippen LogP contribution in [0.4, 0.5) is 0 Å². The number of aliphatic hydroxyl groups excluding tert-OH is 1. The monoisotopic (exact) mass is 307 g/mol. The largest absolute Gasteiger partial charge is 0.395 e. The third kappa shape index (κ3) is 3.05. The second kappa shape index (κ2) is 6.26. The van der Waals surface area contributed by atoms with Gasteiger partial charge in [-0.2, -0.15) is 0 Å². The molecule has 2 heterocycles. The topological polar surface area (TPSA) is 51.2 Å². The Kier molecular flexibility index (Phi) is 4.52. The smallest absolute Gasteiger partial charge is 0.163 e. The molecule has 1 aromatic rings. The molecule has 1 aromatic carbocycles. The minimum atomic E-state index is -0.637. The van der Waals surface area contributed by atoms with Gasteiger partial charge in [0.2, 0.25) is 0 Å². The summed E-state index contributed by atoms with van der Waals surface area (Å²) in [4.78, 5) is 2.23. The van der Waals surface area contributed by atoms with Crippen molar-refractivity contribution in [3.8, 4) is 0 Å². The van der Waals surface area contributed by atoms with Crippen molar-refractivity contribution in [2.24, 2.45) is 0 Å². The molecule has 2 aliphatic heterocycles. The molecule has 0 aromatic heterocycles. The Hall–Kier alpha value is -0.980. The molecule has 0 spiro atoms. The molecule has 2 saturated heterocycles. The maximum Gasteiger partial charge on any atom is 0.163 e. The number of hydrogen-bond donors (Lipinski definition) is 1. The Morgan fingerprint density at radius 2 is 1.91 bits per heavy atom. The Bertz CT molecular complexity index is 493. The summed E-state index contributed by atoms with van der Waals surface area (Å²) in [5, 5.41) is 9.90. The molecule has 5 nitrogen and oxygen atoms in total. The molecule has 5 heteroatoms. The van der Waals surface area contributed by atoms with Gasteiger partial charge in [-0.25, -0.2) is 0 Å². The van der Waals surface area contributed by atoms with Crippen LogP contribution in [0.1, 0.15) is 19.4 Å². The number of aliphatic hydroxyl groups is 1. The van der Waals surface area contributed by atoms with Crippen molar-refractivity contribution in [3.63, 3.8) is 0 Å². The summed E-state index contributed by atoms with van der Waals surface area (Å²) in [5.41, 5.74) is 1.22. The van der Waals surface area contributed by atoms with E-state index in [1.54, 1.807) is 7.11 Å². The van der Waals surface area contributed by atoms with Crippen molar-refractivity contribution in [1.29, 1.82) is 0 Å². The van der Waals surface area contributed by atoms with Crippen molar-refractivity contribution in [1.82, 2.24) is 4.90 Å². The predicted molar refractivity (Wildman–Crippen MR) is 82.3 cm³/mol. The Morgan fingerprint density at radius 1 is 1.23 bits per heavy atom.